The standard InChI is InChI=1S/C13H16ClF3N2/c14-8-12(4-1-2-5-12)9-19-10-3-6-18-11(7-10)13(15,16)17/h3,6-7H,1-2,4-5,8-9H2,(H,18,19). The number of aromatic nitrogens is 1. The lowest BCUT2D eigenvalue weighted by atomic mass is 9.88. The Morgan fingerprint density at radius 3 is 2.58 bits per heavy atom. The summed E-state index contributed by atoms with van der Waals surface area (Å²) in [6.45, 7) is 0.609. The zero-order valence-corrected chi connectivity index (χ0v) is 11.2. The maximum Gasteiger partial charge on any atom is 0.433 e. The van der Waals surface area contributed by atoms with E-state index in [4.69, 9.17) is 11.6 Å². The molecular weight excluding hydrogens is 277 g/mol. The van der Waals surface area contributed by atoms with Gasteiger partial charge in [0.15, 0.2) is 0 Å². The molecule has 0 bridgehead atoms. The summed E-state index contributed by atoms with van der Waals surface area (Å²) in [4.78, 5) is 3.34. The van der Waals surface area contributed by atoms with E-state index in [2.05, 4.69) is 10.3 Å². The molecule has 0 atom stereocenters. The summed E-state index contributed by atoms with van der Waals surface area (Å²) in [5, 5.41) is 3.07. The van der Waals surface area contributed by atoms with Crippen LogP contribution in [0.15, 0.2) is 18.3 Å². The van der Waals surface area contributed by atoms with Crippen molar-refractivity contribution in [3.63, 3.8) is 0 Å². The van der Waals surface area contributed by atoms with E-state index < -0.39 is 11.9 Å². The van der Waals surface area contributed by atoms with E-state index in [1.54, 1.807) is 6.07 Å². The third kappa shape index (κ3) is 3.53. The molecular formula is C13H16ClF3N2. The molecule has 0 aliphatic heterocycles. The second kappa shape index (κ2) is 5.57. The van der Waals surface area contributed by atoms with E-state index in [-0.39, 0.29) is 5.41 Å². The van der Waals surface area contributed by atoms with Gasteiger partial charge in [-0.05, 0) is 25.0 Å². The molecule has 0 aromatic carbocycles. The van der Waals surface area contributed by atoms with Crippen LogP contribution in [0.4, 0.5) is 18.9 Å². The van der Waals surface area contributed by atoms with Crippen LogP contribution in [-0.2, 0) is 6.18 Å². The first-order valence-corrected chi connectivity index (χ1v) is 6.82. The SMILES string of the molecule is FC(F)(F)c1cc(NCC2(CCl)CCCC2)ccn1. The second-order valence-corrected chi connectivity index (χ2v) is 5.39. The first-order valence-electron chi connectivity index (χ1n) is 6.28. The van der Waals surface area contributed by atoms with Gasteiger partial charge in [-0.15, -0.1) is 11.6 Å². The molecule has 0 unspecified atom stereocenters. The molecule has 1 heterocycles. The molecule has 2 nitrogen and oxygen atoms in total. The molecule has 6 heteroatoms. The van der Waals surface area contributed by atoms with Crippen molar-refractivity contribution in [2.45, 2.75) is 31.9 Å². The molecule has 1 aliphatic carbocycles. The van der Waals surface area contributed by atoms with Crippen molar-refractivity contribution < 1.29 is 13.2 Å². The number of halogens is 4. The van der Waals surface area contributed by atoms with E-state index in [1.165, 1.54) is 6.20 Å². The Kier molecular flexibility index (Phi) is 4.23. The number of anilines is 1. The molecule has 1 fully saturated rings. The van der Waals surface area contributed by atoms with E-state index in [9.17, 15) is 13.2 Å². The molecule has 1 aromatic heterocycles. The van der Waals surface area contributed by atoms with Gasteiger partial charge in [0.2, 0.25) is 0 Å². The molecule has 0 spiro atoms. The van der Waals surface area contributed by atoms with Gasteiger partial charge in [-0.1, -0.05) is 12.8 Å². The van der Waals surface area contributed by atoms with Crippen LogP contribution in [0.2, 0.25) is 0 Å². The Morgan fingerprint density at radius 2 is 2.00 bits per heavy atom. The van der Waals surface area contributed by atoms with Gasteiger partial charge >= 0.3 is 6.18 Å². The number of nitrogens with one attached hydrogen (secondary N) is 1. The van der Waals surface area contributed by atoms with Gasteiger partial charge in [-0.3, -0.25) is 4.98 Å². The zero-order chi connectivity index (χ0) is 13.9. The molecule has 19 heavy (non-hydrogen) atoms. The number of pyridine rings is 1. The monoisotopic (exact) mass is 292 g/mol. The van der Waals surface area contributed by atoms with Crippen LogP contribution in [0.1, 0.15) is 31.4 Å². The minimum absolute atomic E-state index is 0.0171. The molecule has 0 amide bonds. The highest BCUT2D eigenvalue weighted by atomic mass is 35.5. The molecule has 1 saturated carbocycles. The van der Waals surface area contributed by atoms with Gasteiger partial charge in [0.1, 0.15) is 5.69 Å². The molecule has 1 N–H and O–H groups in total. The van der Waals surface area contributed by atoms with Gasteiger partial charge in [0.25, 0.3) is 0 Å². The van der Waals surface area contributed by atoms with Gasteiger partial charge in [0.05, 0.1) is 0 Å². The number of hydrogen-bond acceptors (Lipinski definition) is 2. The molecule has 2 rings (SSSR count). The summed E-state index contributed by atoms with van der Waals surface area (Å²) >= 11 is 6.00. The normalized spacial score (nSPS) is 18.5. The van der Waals surface area contributed by atoms with E-state index in [0.717, 1.165) is 31.7 Å². The molecule has 1 aromatic rings. The van der Waals surface area contributed by atoms with Crippen molar-refractivity contribution in [3.8, 4) is 0 Å². The quantitative estimate of drug-likeness (QED) is 0.836. The third-order valence-electron chi connectivity index (χ3n) is 3.67. The summed E-state index contributed by atoms with van der Waals surface area (Å²) in [5.74, 6) is 0.539. The Bertz CT molecular complexity index is 428. The first kappa shape index (κ1) is 14.4. The Labute approximate surface area is 115 Å². The highest BCUT2D eigenvalue weighted by Crippen LogP contribution is 2.39. The van der Waals surface area contributed by atoms with Gasteiger partial charge in [0, 0.05) is 29.7 Å². The van der Waals surface area contributed by atoms with Crippen LogP contribution in [0.25, 0.3) is 0 Å². The third-order valence-corrected chi connectivity index (χ3v) is 4.23. The van der Waals surface area contributed by atoms with E-state index >= 15 is 0 Å². The zero-order valence-electron chi connectivity index (χ0n) is 10.4. The number of alkyl halides is 4. The Hall–Kier alpha value is -0.970. The maximum absolute atomic E-state index is 12.5. The number of rotatable bonds is 4. The van der Waals surface area contributed by atoms with Crippen LogP contribution >= 0.6 is 11.6 Å². The fraction of sp³-hybridized carbons (Fsp3) is 0.615. The largest absolute Gasteiger partial charge is 0.433 e. The van der Waals surface area contributed by atoms with E-state index in [1.807, 2.05) is 0 Å². The van der Waals surface area contributed by atoms with Gasteiger partial charge in [-0.2, -0.15) is 13.2 Å². The second-order valence-electron chi connectivity index (χ2n) is 5.12. The highest BCUT2D eigenvalue weighted by molar-refractivity contribution is 6.18. The molecule has 106 valence electrons. The fourth-order valence-corrected chi connectivity index (χ4v) is 2.83. The Morgan fingerprint density at radius 1 is 1.32 bits per heavy atom. The topological polar surface area (TPSA) is 24.9 Å². The summed E-state index contributed by atoms with van der Waals surface area (Å²) in [6.07, 6.45) is 1.10. The fourth-order valence-electron chi connectivity index (χ4n) is 2.47. The van der Waals surface area contributed by atoms with Crippen molar-refractivity contribution in [1.82, 2.24) is 4.98 Å². The molecule has 0 saturated heterocycles. The van der Waals surface area contributed by atoms with Gasteiger partial charge < -0.3 is 5.32 Å². The summed E-state index contributed by atoms with van der Waals surface area (Å²) in [6, 6.07) is 2.59. The van der Waals surface area contributed by atoms with Crippen LogP contribution in [0, 0.1) is 5.41 Å². The molecule has 0 radical (unpaired) electrons. The van der Waals surface area contributed by atoms with E-state index in [0.29, 0.717) is 18.1 Å². The van der Waals surface area contributed by atoms with Crippen LogP contribution in [0.5, 0.6) is 0 Å². The minimum Gasteiger partial charge on any atom is -0.384 e. The van der Waals surface area contributed by atoms with Crippen molar-refractivity contribution in [2.24, 2.45) is 5.41 Å². The van der Waals surface area contributed by atoms with Crippen LogP contribution in [-0.4, -0.2) is 17.4 Å². The van der Waals surface area contributed by atoms with Crippen molar-refractivity contribution in [1.29, 1.82) is 0 Å². The maximum atomic E-state index is 12.5. The first-order chi connectivity index (χ1) is 8.95. The predicted molar refractivity (Wildman–Crippen MR) is 69.3 cm³/mol. The number of nitrogens with zero attached hydrogens (tertiary/aromatic N) is 1. The summed E-state index contributed by atoms with van der Waals surface area (Å²) in [7, 11) is 0. The van der Waals surface area contributed by atoms with Gasteiger partial charge in [-0.25, -0.2) is 0 Å². The minimum atomic E-state index is -4.41. The predicted octanol–water partition coefficient (Wildman–Crippen LogP) is 4.31. The van der Waals surface area contributed by atoms with Crippen molar-refractivity contribution >= 4 is 17.3 Å². The lowest BCUT2D eigenvalue weighted by molar-refractivity contribution is -0.141. The number of hydrogen-bond donors (Lipinski definition) is 1. The summed E-state index contributed by atoms with van der Waals surface area (Å²) in [5.41, 5.74) is -0.411. The smallest absolute Gasteiger partial charge is 0.384 e. The lowest BCUT2D eigenvalue weighted by Gasteiger charge is -2.27. The summed E-state index contributed by atoms with van der Waals surface area (Å²) < 4.78 is 37.6. The average molecular weight is 293 g/mol. The average Bonchev–Trinajstić information content (AvgIpc) is 2.85. The molecule has 1 aliphatic rings. The highest BCUT2D eigenvalue weighted by Gasteiger charge is 2.34. The van der Waals surface area contributed by atoms with Crippen LogP contribution < -0.4 is 5.32 Å². The Balaban J connectivity index is 2.03. The van der Waals surface area contributed by atoms with Crippen molar-refractivity contribution in [2.75, 3.05) is 17.7 Å². The van der Waals surface area contributed by atoms with Crippen molar-refractivity contribution in [3.05, 3.63) is 24.0 Å². The van der Waals surface area contributed by atoms with Crippen LogP contribution in [0.3, 0.4) is 0 Å². The lowest BCUT2D eigenvalue weighted by Crippen LogP contribution is -2.28.